The van der Waals surface area contributed by atoms with Gasteiger partial charge in [-0.2, -0.15) is 18.3 Å². The first-order valence-corrected chi connectivity index (χ1v) is 9.46. The van der Waals surface area contributed by atoms with E-state index in [9.17, 15) is 22.4 Å². The zero-order valence-electron chi connectivity index (χ0n) is 17.0. The number of hydrogen-bond donors (Lipinski definition) is 2. The zero-order valence-corrected chi connectivity index (χ0v) is 17.0. The van der Waals surface area contributed by atoms with Gasteiger partial charge < -0.3 is 10.6 Å². The molecule has 2 amide bonds. The summed E-state index contributed by atoms with van der Waals surface area (Å²) in [5, 5.41) is 9.85. The predicted molar refractivity (Wildman–Crippen MR) is 113 cm³/mol. The topological polar surface area (TPSA) is 71.8 Å². The van der Waals surface area contributed by atoms with Crippen LogP contribution >= 0.6 is 0 Å². The second kappa shape index (κ2) is 7.95. The maximum absolute atomic E-state index is 13.5. The Balaban J connectivity index is 1.52. The van der Waals surface area contributed by atoms with E-state index >= 15 is 0 Å². The monoisotopic (exact) mass is 443 g/mol. The molecule has 2 aromatic heterocycles. The second-order valence-electron chi connectivity index (χ2n) is 7.20. The molecule has 0 atom stereocenters. The Morgan fingerprint density at radius 2 is 1.69 bits per heavy atom. The second-order valence-corrected chi connectivity index (χ2v) is 7.20. The molecule has 0 fully saturated rings. The van der Waals surface area contributed by atoms with E-state index in [0.29, 0.717) is 17.8 Å². The van der Waals surface area contributed by atoms with Gasteiger partial charge in [0.2, 0.25) is 0 Å². The number of halogens is 4. The van der Waals surface area contributed by atoms with E-state index in [0.717, 1.165) is 33.9 Å². The number of urea groups is 1. The molecule has 0 aliphatic heterocycles. The van der Waals surface area contributed by atoms with Gasteiger partial charge in [0.15, 0.2) is 5.65 Å². The van der Waals surface area contributed by atoms with Crippen LogP contribution in [-0.4, -0.2) is 20.8 Å². The lowest BCUT2D eigenvalue weighted by Gasteiger charge is -2.12. The van der Waals surface area contributed by atoms with Crippen molar-refractivity contribution in [1.29, 1.82) is 0 Å². The molecule has 6 nitrogen and oxygen atoms in total. The third kappa shape index (κ3) is 4.39. The van der Waals surface area contributed by atoms with Crippen molar-refractivity contribution in [3.05, 3.63) is 71.8 Å². The molecular formula is C22H17F4N5O. The first-order chi connectivity index (χ1) is 15.1. The Hall–Kier alpha value is -3.95. The molecule has 0 bridgehead atoms. The number of rotatable bonds is 3. The minimum Gasteiger partial charge on any atom is -0.308 e. The van der Waals surface area contributed by atoms with Gasteiger partial charge in [-0.3, -0.25) is 4.68 Å². The Morgan fingerprint density at radius 1 is 1.00 bits per heavy atom. The molecule has 2 heterocycles. The summed E-state index contributed by atoms with van der Waals surface area (Å²) in [5.41, 5.74) is 2.28. The maximum atomic E-state index is 13.5. The highest BCUT2D eigenvalue weighted by Crippen LogP contribution is 2.32. The summed E-state index contributed by atoms with van der Waals surface area (Å²) in [6.07, 6.45) is -3.00. The number of pyridine rings is 1. The summed E-state index contributed by atoms with van der Waals surface area (Å²) in [7, 11) is 1.81. The van der Waals surface area contributed by atoms with Gasteiger partial charge >= 0.3 is 12.2 Å². The fraction of sp³-hybridized carbons (Fsp3) is 0.136. The predicted octanol–water partition coefficient (Wildman–Crippen LogP) is 5.75. The van der Waals surface area contributed by atoms with Crippen LogP contribution in [-0.2, 0) is 13.2 Å². The van der Waals surface area contributed by atoms with Crippen molar-refractivity contribution >= 4 is 28.4 Å². The Bertz CT molecular complexity index is 1310. The van der Waals surface area contributed by atoms with Gasteiger partial charge in [-0.15, -0.1) is 0 Å². The van der Waals surface area contributed by atoms with Crippen LogP contribution in [0.4, 0.5) is 33.7 Å². The summed E-state index contributed by atoms with van der Waals surface area (Å²) in [4.78, 5) is 16.7. The molecule has 0 saturated carbocycles. The van der Waals surface area contributed by atoms with E-state index < -0.39 is 23.6 Å². The van der Waals surface area contributed by atoms with Gasteiger partial charge in [-0.05, 0) is 54.4 Å². The van der Waals surface area contributed by atoms with Crippen LogP contribution in [0.1, 0.15) is 11.3 Å². The standard InChI is InChI=1S/C22H17F4N5O/c1-12-7-18(19-11-27-31(2)20(19)28-12)13-3-5-16(6-4-13)29-21(32)30-17-9-14(22(24,25)26)8-15(23)10-17/h3-11H,1-2H3,(H2,29,30,32). The van der Waals surface area contributed by atoms with E-state index in [-0.39, 0.29) is 5.69 Å². The highest BCUT2D eigenvalue weighted by Gasteiger charge is 2.31. The number of aryl methyl sites for hydroxylation is 2. The molecule has 0 aliphatic rings. The van der Waals surface area contributed by atoms with Crippen LogP contribution in [0.25, 0.3) is 22.2 Å². The number of alkyl halides is 3. The molecule has 0 aliphatic carbocycles. The number of fused-ring (bicyclic) bond motifs is 1. The maximum Gasteiger partial charge on any atom is 0.416 e. The summed E-state index contributed by atoms with van der Waals surface area (Å²) < 4.78 is 53.7. The molecule has 2 aromatic carbocycles. The fourth-order valence-electron chi connectivity index (χ4n) is 3.33. The molecule has 32 heavy (non-hydrogen) atoms. The zero-order chi connectivity index (χ0) is 23.0. The SMILES string of the molecule is Cc1cc(-c2ccc(NC(=O)Nc3cc(F)cc(C(F)(F)F)c3)cc2)c2cnn(C)c2n1. The summed E-state index contributed by atoms with van der Waals surface area (Å²) >= 11 is 0. The number of nitrogens with one attached hydrogen (secondary N) is 2. The van der Waals surface area contributed by atoms with Gasteiger partial charge in [0.05, 0.1) is 11.8 Å². The van der Waals surface area contributed by atoms with E-state index in [1.165, 1.54) is 0 Å². The van der Waals surface area contributed by atoms with Crippen molar-refractivity contribution in [2.75, 3.05) is 10.6 Å². The molecule has 0 radical (unpaired) electrons. The van der Waals surface area contributed by atoms with E-state index in [1.807, 2.05) is 13.0 Å². The summed E-state index contributed by atoms with van der Waals surface area (Å²) in [5.74, 6) is -1.10. The van der Waals surface area contributed by atoms with Crippen molar-refractivity contribution in [3.63, 3.8) is 0 Å². The average Bonchev–Trinajstić information content (AvgIpc) is 3.07. The highest BCUT2D eigenvalue weighted by atomic mass is 19.4. The number of carbonyl (C=O) groups excluding carboxylic acids is 1. The lowest BCUT2D eigenvalue weighted by atomic mass is 10.0. The van der Waals surface area contributed by atoms with E-state index in [2.05, 4.69) is 20.7 Å². The smallest absolute Gasteiger partial charge is 0.308 e. The van der Waals surface area contributed by atoms with Crippen LogP contribution in [0.5, 0.6) is 0 Å². The van der Waals surface area contributed by atoms with Gasteiger partial charge in [-0.1, -0.05) is 12.1 Å². The van der Waals surface area contributed by atoms with Gasteiger partial charge in [0.1, 0.15) is 5.82 Å². The third-order valence-electron chi connectivity index (χ3n) is 4.77. The summed E-state index contributed by atoms with van der Waals surface area (Å²) in [6.45, 7) is 1.88. The number of aromatic nitrogens is 3. The van der Waals surface area contributed by atoms with Gasteiger partial charge in [-0.25, -0.2) is 14.2 Å². The molecule has 10 heteroatoms. The molecule has 0 unspecified atom stereocenters. The third-order valence-corrected chi connectivity index (χ3v) is 4.77. The first kappa shape index (κ1) is 21.3. The average molecular weight is 443 g/mol. The Labute approximate surface area is 179 Å². The van der Waals surface area contributed by atoms with E-state index in [4.69, 9.17) is 0 Å². The van der Waals surface area contributed by atoms with Crippen molar-refractivity contribution < 1.29 is 22.4 Å². The van der Waals surface area contributed by atoms with Crippen molar-refractivity contribution in [1.82, 2.24) is 14.8 Å². The molecule has 2 N–H and O–H groups in total. The lowest BCUT2D eigenvalue weighted by Crippen LogP contribution is -2.20. The number of amides is 2. The molecular weight excluding hydrogens is 426 g/mol. The molecule has 164 valence electrons. The Kier molecular flexibility index (Phi) is 5.29. The minimum atomic E-state index is -4.73. The lowest BCUT2D eigenvalue weighted by molar-refractivity contribution is -0.137. The highest BCUT2D eigenvalue weighted by molar-refractivity contribution is 6.00. The number of carbonyl (C=O) groups is 1. The molecule has 4 rings (SSSR count). The summed E-state index contributed by atoms with van der Waals surface area (Å²) in [6, 6.07) is 9.86. The molecule has 0 spiro atoms. The number of nitrogens with zero attached hydrogens (tertiary/aromatic N) is 3. The van der Waals surface area contributed by atoms with Crippen LogP contribution in [0.15, 0.2) is 54.7 Å². The van der Waals surface area contributed by atoms with Crippen molar-refractivity contribution in [3.8, 4) is 11.1 Å². The van der Waals surface area contributed by atoms with Crippen molar-refractivity contribution in [2.24, 2.45) is 7.05 Å². The fourth-order valence-corrected chi connectivity index (χ4v) is 3.33. The number of anilines is 2. The van der Waals surface area contributed by atoms with Crippen LogP contribution in [0.3, 0.4) is 0 Å². The first-order valence-electron chi connectivity index (χ1n) is 9.46. The molecule has 4 aromatic rings. The Morgan fingerprint density at radius 3 is 2.38 bits per heavy atom. The van der Waals surface area contributed by atoms with Crippen LogP contribution < -0.4 is 10.6 Å². The van der Waals surface area contributed by atoms with Crippen LogP contribution in [0.2, 0.25) is 0 Å². The largest absolute Gasteiger partial charge is 0.416 e. The van der Waals surface area contributed by atoms with E-state index in [1.54, 1.807) is 42.2 Å². The molecule has 0 saturated heterocycles. The normalized spacial score (nSPS) is 11.6. The van der Waals surface area contributed by atoms with Gasteiger partial charge in [0, 0.05) is 29.5 Å². The minimum absolute atomic E-state index is 0.308. The van der Waals surface area contributed by atoms with Crippen molar-refractivity contribution in [2.45, 2.75) is 13.1 Å². The van der Waals surface area contributed by atoms with Crippen LogP contribution in [0, 0.1) is 12.7 Å². The van der Waals surface area contributed by atoms with Gasteiger partial charge in [0.25, 0.3) is 0 Å². The quantitative estimate of drug-likeness (QED) is 0.397. The number of benzene rings is 2. The number of hydrogen-bond acceptors (Lipinski definition) is 3.